The van der Waals surface area contributed by atoms with Gasteiger partial charge in [0.2, 0.25) is 0 Å². The molecule has 0 aromatic carbocycles. The van der Waals surface area contributed by atoms with Crippen molar-refractivity contribution in [2.24, 2.45) is 23.7 Å². The van der Waals surface area contributed by atoms with Crippen molar-refractivity contribution >= 4 is 14.1 Å². The van der Waals surface area contributed by atoms with E-state index >= 15 is 0 Å². The summed E-state index contributed by atoms with van der Waals surface area (Å²) in [6.45, 7) is 10.7. The fraction of sp³-hybridized carbons (Fsp3) is 0.812. The summed E-state index contributed by atoms with van der Waals surface area (Å²) in [5.74, 6) is 2.68. The van der Waals surface area contributed by atoms with Crippen LogP contribution in [0.2, 0.25) is 19.6 Å². The summed E-state index contributed by atoms with van der Waals surface area (Å²) in [6, 6.07) is 0. The smallest absolute Gasteiger partial charge is 0.184 e. The van der Waals surface area contributed by atoms with Crippen LogP contribution in [-0.4, -0.2) is 19.7 Å². The molecule has 0 saturated heterocycles. The van der Waals surface area contributed by atoms with Crippen molar-refractivity contribution < 1.29 is 9.22 Å². The Bertz CT molecular complexity index is 444. The Balaban J connectivity index is 1.86. The number of carbonyl (C=O) groups is 1. The molecule has 2 bridgehead atoms. The number of hydrogen-bond donors (Lipinski definition) is 0. The fourth-order valence-corrected chi connectivity index (χ4v) is 6.38. The zero-order valence-electron chi connectivity index (χ0n) is 12.8. The second-order valence-corrected chi connectivity index (χ2v) is 12.5. The Morgan fingerprint density at radius 1 is 1.21 bits per heavy atom. The van der Waals surface area contributed by atoms with Crippen LogP contribution < -0.4 is 0 Å². The van der Waals surface area contributed by atoms with Gasteiger partial charge in [-0.05, 0) is 70.5 Å². The van der Waals surface area contributed by atoms with Gasteiger partial charge in [0.25, 0.3) is 0 Å². The Kier molecular flexibility index (Phi) is 2.89. The van der Waals surface area contributed by atoms with E-state index < -0.39 is 13.9 Å². The van der Waals surface area contributed by atoms with E-state index in [2.05, 4.69) is 39.6 Å². The molecule has 3 aliphatic carbocycles. The first-order valence-corrected chi connectivity index (χ1v) is 11.1. The summed E-state index contributed by atoms with van der Waals surface area (Å²) in [5.41, 5.74) is 0.576. The van der Waals surface area contributed by atoms with Crippen molar-refractivity contribution in [2.45, 2.75) is 58.4 Å². The molecule has 0 spiro atoms. The molecular formula is C16H26O2Si. The minimum Gasteiger partial charge on any atom is -0.409 e. The molecule has 0 aliphatic heterocycles. The van der Waals surface area contributed by atoms with Gasteiger partial charge in [-0.3, -0.25) is 4.79 Å². The molecule has 19 heavy (non-hydrogen) atoms. The average Bonchev–Trinajstić information content (AvgIpc) is 2.85. The molecule has 0 amide bonds. The van der Waals surface area contributed by atoms with Crippen molar-refractivity contribution in [1.29, 1.82) is 0 Å². The van der Waals surface area contributed by atoms with Crippen LogP contribution in [-0.2, 0) is 9.22 Å². The van der Waals surface area contributed by atoms with Crippen LogP contribution in [0.15, 0.2) is 11.6 Å². The van der Waals surface area contributed by atoms with Crippen molar-refractivity contribution in [1.82, 2.24) is 0 Å². The van der Waals surface area contributed by atoms with Crippen LogP contribution in [0.4, 0.5) is 0 Å². The van der Waals surface area contributed by atoms with Gasteiger partial charge in [-0.15, -0.1) is 0 Å². The molecule has 2 nitrogen and oxygen atoms in total. The van der Waals surface area contributed by atoms with Gasteiger partial charge in [0.1, 0.15) is 0 Å². The van der Waals surface area contributed by atoms with Crippen LogP contribution in [0.25, 0.3) is 0 Å². The molecule has 0 aromatic rings. The van der Waals surface area contributed by atoms with Crippen molar-refractivity contribution in [2.75, 3.05) is 0 Å². The lowest BCUT2D eigenvalue weighted by Gasteiger charge is -2.34. The van der Waals surface area contributed by atoms with Gasteiger partial charge in [0, 0.05) is 11.5 Å². The summed E-state index contributed by atoms with van der Waals surface area (Å²) in [4.78, 5) is 12.8. The summed E-state index contributed by atoms with van der Waals surface area (Å²) in [5, 5.41) is 0. The molecule has 3 rings (SSSR count). The number of Topliss-reactive ketones (excluding diaryl/α,β-unsaturated/α-hetero) is 1. The molecule has 0 aromatic heterocycles. The monoisotopic (exact) mass is 278 g/mol. The Morgan fingerprint density at radius 3 is 2.42 bits per heavy atom. The highest BCUT2D eigenvalue weighted by Crippen LogP contribution is 2.57. The van der Waals surface area contributed by atoms with E-state index in [4.69, 9.17) is 4.43 Å². The van der Waals surface area contributed by atoms with Crippen molar-refractivity contribution in [3.8, 4) is 0 Å². The fourth-order valence-electron chi connectivity index (χ4n) is 4.74. The summed E-state index contributed by atoms with van der Waals surface area (Å²) in [6.07, 6.45) is 6.18. The predicted octanol–water partition coefficient (Wildman–Crippen LogP) is 3.79. The highest BCUT2D eigenvalue weighted by Gasteiger charge is 2.55. The quantitative estimate of drug-likeness (QED) is 0.734. The maximum Gasteiger partial charge on any atom is 0.184 e. The predicted molar refractivity (Wildman–Crippen MR) is 79.4 cm³/mol. The molecule has 2 fully saturated rings. The van der Waals surface area contributed by atoms with E-state index in [1.807, 2.05) is 0 Å². The van der Waals surface area contributed by atoms with Gasteiger partial charge in [-0.2, -0.15) is 0 Å². The summed E-state index contributed by atoms with van der Waals surface area (Å²) < 4.78 is 6.29. The molecule has 0 heterocycles. The zero-order valence-corrected chi connectivity index (χ0v) is 13.8. The van der Waals surface area contributed by atoms with Crippen molar-refractivity contribution in [3.63, 3.8) is 0 Å². The molecular weight excluding hydrogens is 252 g/mol. The lowest BCUT2D eigenvalue weighted by atomic mass is 9.80. The molecule has 3 aliphatic rings. The van der Waals surface area contributed by atoms with Crippen LogP contribution >= 0.6 is 0 Å². The van der Waals surface area contributed by atoms with Gasteiger partial charge in [-0.25, -0.2) is 0 Å². The normalized spacial score (nSPS) is 37.7. The van der Waals surface area contributed by atoms with E-state index in [0.29, 0.717) is 23.5 Å². The molecule has 0 radical (unpaired) electrons. The third-order valence-electron chi connectivity index (χ3n) is 5.12. The lowest BCUT2D eigenvalue weighted by molar-refractivity contribution is -0.121. The first-order valence-electron chi connectivity index (χ1n) is 7.66. The van der Waals surface area contributed by atoms with Crippen LogP contribution in [0.5, 0.6) is 0 Å². The highest BCUT2D eigenvalue weighted by molar-refractivity contribution is 6.69. The molecule has 0 unspecified atom stereocenters. The molecule has 106 valence electrons. The Morgan fingerprint density at radius 2 is 1.84 bits per heavy atom. The van der Waals surface area contributed by atoms with E-state index in [1.54, 1.807) is 0 Å². The Hall–Kier alpha value is -0.413. The Labute approximate surface area is 117 Å². The largest absolute Gasteiger partial charge is 0.409 e. The maximum absolute atomic E-state index is 12.8. The van der Waals surface area contributed by atoms with E-state index in [-0.39, 0.29) is 0 Å². The third kappa shape index (κ3) is 2.15. The summed E-state index contributed by atoms with van der Waals surface area (Å²) in [7, 11) is -1.64. The SMILES string of the molecule is CC(C)(O[Si](C)(C)C)C1=C[C@@H]2[C@H]3CC[C@H](C3)[C@@H]2C1=O. The van der Waals surface area contributed by atoms with Gasteiger partial charge >= 0.3 is 0 Å². The van der Waals surface area contributed by atoms with Crippen LogP contribution in [0, 0.1) is 23.7 Å². The van der Waals surface area contributed by atoms with Gasteiger partial charge in [0.15, 0.2) is 14.1 Å². The van der Waals surface area contributed by atoms with Gasteiger partial charge < -0.3 is 4.43 Å². The molecule has 4 atom stereocenters. The van der Waals surface area contributed by atoms with Gasteiger partial charge in [0.05, 0.1) is 5.60 Å². The van der Waals surface area contributed by atoms with Crippen LogP contribution in [0.3, 0.4) is 0 Å². The maximum atomic E-state index is 12.8. The first-order chi connectivity index (χ1) is 8.69. The van der Waals surface area contributed by atoms with E-state index in [9.17, 15) is 4.79 Å². The third-order valence-corrected chi connectivity index (χ3v) is 6.24. The number of carbonyl (C=O) groups excluding carboxylic acids is 1. The highest BCUT2D eigenvalue weighted by atomic mass is 28.4. The number of rotatable bonds is 3. The lowest BCUT2D eigenvalue weighted by Crippen LogP contribution is -2.41. The second kappa shape index (κ2) is 4.04. The van der Waals surface area contributed by atoms with E-state index in [1.165, 1.54) is 19.3 Å². The molecule has 0 N–H and O–H groups in total. The van der Waals surface area contributed by atoms with E-state index in [0.717, 1.165) is 11.5 Å². The van der Waals surface area contributed by atoms with Crippen LogP contribution in [0.1, 0.15) is 33.1 Å². The second-order valence-electron chi connectivity index (χ2n) is 8.11. The average molecular weight is 278 g/mol. The minimum absolute atomic E-state index is 0.304. The molecule has 3 heteroatoms. The number of allylic oxidation sites excluding steroid dienone is 1. The first kappa shape index (κ1) is 13.6. The molecule has 2 saturated carbocycles. The topological polar surface area (TPSA) is 26.3 Å². The number of hydrogen-bond acceptors (Lipinski definition) is 2. The minimum atomic E-state index is -1.64. The zero-order chi connectivity index (χ0) is 14.0. The van der Waals surface area contributed by atoms with Crippen molar-refractivity contribution in [3.05, 3.63) is 11.6 Å². The number of fused-ring (bicyclic) bond motifs is 5. The summed E-state index contributed by atoms with van der Waals surface area (Å²) >= 11 is 0. The standard InChI is InChI=1S/C16H26O2Si/c1-16(2,18-19(3,4)5)13-9-12-10-6-7-11(8-10)14(12)15(13)17/h9-12,14H,6-8H2,1-5H3/t10-,11+,12+,14-/m0/s1. The number of ketones is 1. The van der Waals surface area contributed by atoms with Gasteiger partial charge in [-0.1, -0.05) is 6.08 Å².